The first kappa shape index (κ1) is 26.4. The van der Waals surface area contributed by atoms with Crippen molar-refractivity contribution < 1.29 is 28.2 Å². The number of aryl methyl sites for hydroxylation is 1. The first-order valence-corrected chi connectivity index (χ1v) is 13.1. The maximum atomic E-state index is 13.6. The summed E-state index contributed by atoms with van der Waals surface area (Å²) in [5.41, 5.74) is 1.53. The van der Waals surface area contributed by atoms with Crippen LogP contribution in [0.1, 0.15) is 17.1 Å². The van der Waals surface area contributed by atoms with Crippen LogP contribution in [0.25, 0.3) is 0 Å². The molecule has 2 heterocycles. The second-order valence-electron chi connectivity index (χ2n) is 8.52. The van der Waals surface area contributed by atoms with Gasteiger partial charge in [-0.3, -0.25) is 4.79 Å². The minimum Gasteiger partial charge on any atom is -0.464 e. The average Bonchev–Trinajstić information content (AvgIpc) is 3.54. The van der Waals surface area contributed by atoms with Crippen molar-refractivity contribution in [3.63, 3.8) is 0 Å². The number of amides is 3. The molecule has 2 aromatic carbocycles. The van der Waals surface area contributed by atoms with E-state index in [4.69, 9.17) is 18.6 Å². The third-order valence-electron chi connectivity index (χ3n) is 5.83. The van der Waals surface area contributed by atoms with Gasteiger partial charge in [-0.1, -0.05) is 6.07 Å². The lowest BCUT2D eigenvalue weighted by Crippen LogP contribution is -2.45. The van der Waals surface area contributed by atoms with E-state index in [2.05, 4.69) is 5.32 Å². The molecule has 3 amide bonds. The summed E-state index contributed by atoms with van der Waals surface area (Å²) in [5.74, 6) is 2.52. The summed E-state index contributed by atoms with van der Waals surface area (Å²) in [6.45, 7) is 3.04. The number of nitrogens with one attached hydrogen (secondary N) is 1. The number of rotatable bonds is 11. The summed E-state index contributed by atoms with van der Waals surface area (Å²) < 4.78 is 21.8. The van der Waals surface area contributed by atoms with Gasteiger partial charge in [0.25, 0.3) is 0 Å². The Balaban J connectivity index is 1.49. The number of carbonyl (C=O) groups excluding carboxylic acids is 2. The monoisotopic (exact) mass is 525 g/mol. The van der Waals surface area contributed by atoms with Crippen LogP contribution < -0.4 is 14.8 Å². The number of carbonyl (C=O) groups is 2. The Morgan fingerprint density at radius 2 is 1.78 bits per heavy atom. The molecule has 0 saturated heterocycles. The first-order valence-electron chi connectivity index (χ1n) is 11.9. The van der Waals surface area contributed by atoms with Crippen LogP contribution in [0.15, 0.2) is 63.9 Å². The number of methoxy groups -OCH3 is 1. The second kappa shape index (κ2) is 12.6. The van der Waals surface area contributed by atoms with Crippen molar-refractivity contribution in [2.75, 3.05) is 45.2 Å². The Hall–Kier alpha value is -3.63. The molecule has 0 spiro atoms. The smallest absolute Gasteiger partial charge is 0.322 e. The summed E-state index contributed by atoms with van der Waals surface area (Å²) in [4.78, 5) is 30.9. The lowest BCUT2D eigenvalue weighted by molar-refractivity contribution is -0.133. The van der Waals surface area contributed by atoms with Gasteiger partial charge in [0.2, 0.25) is 12.7 Å². The van der Waals surface area contributed by atoms with E-state index in [1.54, 1.807) is 23.8 Å². The van der Waals surface area contributed by atoms with Crippen LogP contribution >= 0.6 is 11.8 Å². The highest BCUT2D eigenvalue weighted by molar-refractivity contribution is 7.98. The maximum absolute atomic E-state index is 13.6. The average molecular weight is 526 g/mol. The Bertz CT molecular complexity index is 1210. The largest absolute Gasteiger partial charge is 0.464 e. The topological polar surface area (TPSA) is 93.5 Å². The van der Waals surface area contributed by atoms with E-state index in [-0.39, 0.29) is 38.4 Å². The molecule has 9 nitrogen and oxygen atoms in total. The fourth-order valence-corrected chi connectivity index (χ4v) is 4.25. The molecule has 3 aromatic rings. The molecule has 0 unspecified atom stereocenters. The molecule has 0 atom stereocenters. The van der Waals surface area contributed by atoms with Crippen molar-refractivity contribution in [3.8, 4) is 11.5 Å². The van der Waals surface area contributed by atoms with Crippen LogP contribution in [0.3, 0.4) is 0 Å². The summed E-state index contributed by atoms with van der Waals surface area (Å²) in [6, 6.07) is 16.5. The standard InChI is InChI=1S/C27H31N3O6S/c1-19-4-8-22(36-19)16-30(15-20-5-11-24-25(14-20)35-18-34-24)26(31)17-29(12-13-33-2)27(32)28-21-6-9-23(37-3)10-7-21/h4-11,14H,12-13,15-18H2,1-3H3,(H,28,32). The van der Waals surface area contributed by atoms with Gasteiger partial charge in [-0.25, -0.2) is 4.79 Å². The summed E-state index contributed by atoms with van der Waals surface area (Å²) in [6.07, 6.45) is 1.99. The van der Waals surface area contributed by atoms with Crippen LogP contribution in [0.4, 0.5) is 10.5 Å². The van der Waals surface area contributed by atoms with Gasteiger partial charge in [0.1, 0.15) is 18.1 Å². The van der Waals surface area contributed by atoms with Crippen LogP contribution in [-0.4, -0.2) is 61.6 Å². The number of furan rings is 1. The zero-order valence-corrected chi connectivity index (χ0v) is 22.0. The first-order chi connectivity index (χ1) is 17.9. The molecule has 196 valence electrons. The number of fused-ring (bicyclic) bond motifs is 1. The second-order valence-corrected chi connectivity index (χ2v) is 9.40. The highest BCUT2D eigenvalue weighted by Gasteiger charge is 2.24. The third kappa shape index (κ3) is 7.21. The molecular weight excluding hydrogens is 494 g/mol. The van der Waals surface area contributed by atoms with Crippen molar-refractivity contribution in [3.05, 3.63) is 71.7 Å². The number of urea groups is 1. The minimum absolute atomic E-state index is 0.123. The number of thioether (sulfide) groups is 1. The molecule has 1 N–H and O–H groups in total. The van der Waals surface area contributed by atoms with Crippen molar-refractivity contribution in [1.29, 1.82) is 0 Å². The molecule has 37 heavy (non-hydrogen) atoms. The van der Waals surface area contributed by atoms with Crippen molar-refractivity contribution in [2.24, 2.45) is 0 Å². The number of ether oxygens (including phenoxy) is 3. The van der Waals surface area contributed by atoms with E-state index >= 15 is 0 Å². The van der Waals surface area contributed by atoms with E-state index in [0.717, 1.165) is 16.2 Å². The van der Waals surface area contributed by atoms with Gasteiger partial charge in [0, 0.05) is 30.8 Å². The Morgan fingerprint density at radius 1 is 1.00 bits per heavy atom. The van der Waals surface area contributed by atoms with Crippen molar-refractivity contribution in [2.45, 2.75) is 24.9 Å². The molecule has 1 aromatic heterocycles. The van der Waals surface area contributed by atoms with E-state index in [1.807, 2.05) is 67.8 Å². The molecule has 0 bridgehead atoms. The molecule has 1 aliphatic heterocycles. The SMILES string of the molecule is COCCN(CC(=O)N(Cc1ccc2c(c1)OCO2)Cc1ccc(C)o1)C(=O)Nc1ccc(SC)cc1. The van der Waals surface area contributed by atoms with Crippen LogP contribution in [0.5, 0.6) is 11.5 Å². The van der Waals surface area contributed by atoms with Crippen LogP contribution in [-0.2, 0) is 22.6 Å². The van der Waals surface area contributed by atoms with Gasteiger partial charge in [0.15, 0.2) is 11.5 Å². The molecular formula is C27H31N3O6S. The van der Waals surface area contributed by atoms with Crippen molar-refractivity contribution in [1.82, 2.24) is 9.80 Å². The van der Waals surface area contributed by atoms with Gasteiger partial charge in [-0.15, -0.1) is 11.8 Å². The molecule has 0 aliphatic carbocycles. The number of anilines is 1. The van der Waals surface area contributed by atoms with Crippen LogP contribution in [0.2, 0.25) is 0 Å². The van der Waals surface area contributed by atoms with Gasteiger partial charge < -0.3 is 33.7 Å². The summed E-state index contributed by atoms with van der Waals surface area (Å²) in [5, 5.41) is 2.88. The molecule has 10 heteroatoms. The predicted octanol–water partition coefficient (Wildman–Crippen LogP) is 4.75. The van der Waals surface area contributed by atoms with Crippen molar-refractivity contribution >= 4 is 29.4 Å². The van der Waals surface area contributed by atoms with E-state index < -0.39 is 0 Å². The number of hydrogen-bond acceptors (Lipinski definition) is 7. The van der Waals surface area contributed by atoms with Gasteiger partial charge in [-0.2, -0.15) is 0 Å². The van der Waals surface area contributed by atoms with E-state index in [1.165, 1.54) is 4.90 Å². The Kier molecular flexibility index (Phi) is 8.97. The zero-order valence-electron chi connectivity index (χ0n) is 21.2. The number of benzene rings is 2. The maximum Gasteiger partial charge on any atom is 0.322 e. The fraction of sp³-hybridized carbons (Fsp3) is 0.333. The fourth-order valence-electron chi connectivity index (χ4n) is 3.84. The van der Waals surface area contributed by atoms with E-state index in [9.17, 15) is 9.59 Å². The summed E-state index contributed by atoms with van der Waals surface area (Å²) >= 11 is 1.62. The summed E-state index contributed by atoms with van der Waals surface area (Å²) in [7, 11) is 1.56. The highest BCUT2D eigenvalue weighted by atomic mass is 32.2. The Morgan fingerprint density at radius 3 is 2.49 bits per heavy atom. The normalized spacial score (nSPS) is 11.9. The molecule has 4 rings (SSSR count). The Labute approximate surface area is 220 Å². The van der Waals surface area contributed by atoms with E-state index in [0.29, 0.717) is 36.1 Å². The van der Waals surface area contributed by atoms with Gasteiger partial charge in [0.05, 0.1) is 13.2 Å². The molecule has 0 fully saturated rings. The zero-order chi connectivity index (χ0) is 26.2. The predicted molar refractivity (Wildman–Crippen MR) is 141 cm³/mol. The lowest BCUT2D eigenvalue weighted by atomic mass is 10.2. The van der Waals surface area contributed by atoms with Gasteiger partial charge in [-0.05, 0) is 67.3 Å². The lowest BCUT2D eigenvalue weighted by Gasteiger charge is -2.27. The number of hydrogen-bond donors (Lipinski definition) is 1. The minimum atomic E-state index is -0.376. The molecule has 0 saturated carbocycles. The third-order valence-corrected chi connectivity index (χ3v) is 6.57. The highest BCUT2D eigenvalue weighted by Crippen LogP contribution is 2.33. The van der Waals surface area contributed by atoms with Gasteiger partial charge >= 0.3 is 6.03 Å². The number of nitrogens with zero attached hydrogens (tertiary/aromatic N) is 2. The molecule has 1 aliphatic rings. The quantitative estimate of drug-likeness (QED) is 0.361. The van der Waals surface area contributed by atoms with Crippen LogP contribution in [0, 0.1) is 6.92 Å². The molecule has 0 radical (unpaired) electrons.